The van der Waals surface area contributed by atoms with Crippen LogP contribution in [0, 0.1) is 0 Å². The first-order chi connectivity index (χ1) is 10.4. The highest BCUT2D eigenvalue weighted by Crippen LogP contribution is 2.20. The van der Waals surface area contributed by atoms with Gasteiger partial charge in [-0.3, -0.25) is 0 Å². The molecule has 0 unspecified atom stereocenters. The van der Waals surface area contributed by atoms with Crippen LogP contribution in [0.2, 0.25) is 5.02 Å². The number of halogens is 1. The molecule has 0 aromatic heterocycles. The number of ether oxygens (including phenoxy) is 1. The molecule has 22 heavy (non-hydrogen) atoms. The quantitative estimate of drug-likeness (QED) is 0.850. The summed E-state index contributed by atoms with van der Waals surface area (Å²) in [6.45, 7) is 0.0923. The van der Waals surface area contributed by atoms with E-state index in [1.165, 1.54) is 19.2 Å². The lowest BCUT2D eigenvalue weighted by molar-refractivity contribution is 0.0600. The van der Waals surface area contributed by atoms with Crippen molar-refractivity contribution in [1.29, 1.82) is 0 Å². The number of methoxy groups -OCH3 is 1. The lowest BCUT2D eigenvalue weighted by Gasteiger charge is -2.08. The third-order valence-electron chi connectivity index (χ3n) is 2.97. The molecule has 7 heteroatoms. The van der Waals surface area contributed by atoms with E-state index in [4.69, 9.17) is 11.6 Å². The first-order valence-corrected chi connectivity index (χ1v) is 8.21. The van der Waals surface area contributed by atoms with Crippen LogP contribution >= 0.6 is 11.6 Å². The summed E-state index contributed by atoms with van der Waals surface area (Å²) in [5, 5.41) is 0.163. The zero-order valence-electron chi connectivity index (χ0n) is 11.7. The van der Waals surface area contributed by atoms with Gasteiger partial charge < -0.3 is 4.74 Å². The molecular weight excluding hydrogens is 326 g/mol. The molecule has 0 spiro atoms. The van der Waals surface area contributed by atoms with Crippen molar-refractivity contribution in [1.82, 2.24) is 4.72 Å². The largest absolute Gasteiger partial charge is 0.465 e. The molecule has 2 aromatic carbocycles. The fraction of sp³-hybridized carbons (Fsp3) is 0.133. The first kappa shape index (κ1) is 16.5. The second kappa shape index (κ2) is 6.91. The predicted octanol–water partition coefficient (Wildman–Crippen LogP) is 2.61. The fourth-order valence-corrected chi connectivity index (χ4v) is 3.33. The third kappa shape index (κ3) is 3.85. The molecule has 0 heterocycles. The van der Waals surface area contributed by atoms with Crippen LogP contribution in [0.4, 0.5) is 0 Å². The van der Waals surface area contributed by atoms with Crippen LogP contribution in [0.1, 0.15) is 15.9 Å². The fourth-order valence-electron chi connectivity index (χ4n) is 1.80. The van der Waals surface area contributed by atoms with Crippen molar-refractivity contribution in [2.24, 2.45) is 0 Å². The second-order valence-corrected chi connectivity index (χ2v) is 6.59. The highest BCUT2D eigenvalue weighted by molar-refractivity contribution is 7.89. The van der Waals surface area contributed by atoms with Gasteiger partial charge in [-0.05, 0) is 29.8 Å². The smallest absolute Gasteiger partial charge is 0.337 e. The molecule has 0 fully saturated rings. The van der Waals surface area contributed by atoms with Crippen molar-refractivity contribution in [3.63, 3.8) is 0 Å². The van der Waals surface area contributed by atoms with E-state index in [1.807, 2.05) is 0 Å². The van der Waals surface area contributed by atoms with Crippen LogP contribution in [0.5, 0.6) is 0 Å². The standard InChI is InChI=1S/C15H14ClNO4S/c1-21-15(18)12-8-6-11(7-9-12)10-17-22(19,20)14-5-3-2-4-13(14)16/h2-9,17H,10H2,1H3. The Morgan fingerprint density at radius 1 is 1.14 bits per heavy atom. The van der Waals surface area contributed by atoms with Gasteiger partial charge in [0.15, 0.2) is 0 Å². The maximum absolute atomic E-state index is 12.2. The Balaban J connectivity index is 2.09. The average Bonchev–Trinajstić information content (AvgIpc) is 2.53. The minimum Gasteiger partial charge on any atom is -0.465 e. The Bertz CT molecular complexity index is 772. The van der Waals surface area contributed by atoms with E-state index in [2.05, 4.69) is 9.46 Å². The van der Waals surface area contributed by atoms with Crippen molar-refractivity contribution in [3.8, 4) is 0 Å². The third-order valence-corrected chi connectivity index (χ3v) is 4.87. The number of carbonyl (C=O) groups excluding carboxylic acids is 1. The van der Waals surface area contributed by atoms with E-state index in [1.54, 1.807) is 36.4 Å². The molecule has 0 saturated heterocycles. The van der Waals surface area contributed by atoms with Crippen molar-refractivity contribution in [2.75, 3.05) is 7.11 Å². The molecule has 2 aromatic rings. The van der Waals surface area contributed by atoms with Crippen LogP contribution in [0.15, 0.2) is 53.4 Å². The zero-order chi connectivity index (χ0) is 16.2. The van der Waals surface area contributed by atoms with Gasteiger partial charge in [0.1, 0.15) is 4.90 Å². The monoisotopic (exact) mass is 339 g/mol. The number of carbonyl (C=O) groups is 1. The zero-order valence-corrected chi connectivity index (χ0v) is 13.3. The van der Waals surface area contributed by atoms with Gasteiger partial charge in [0, 0.05) is 6.54 Å². The Labute approximate surface area is 133 Å². The summed E-state index contributed by atoms with van der Waals surface area (Å²) >= 11 is 5.89. The summed E-state index contributed by atoms with van der Waals surface area (Å²) in [6.07, 6.45) is 0. The Kier molecular flexibility index (Phi) is 5.18. The minimum absolute atomic E-state index is 0.0304. The molecule has 0 bridgehead atoms. The van der Waals surface area contributed by atoms with E-state index >= 15 is 0 Å². The highest BCUT2D eigenvalue weighted by atomic mass is 35.5. The van der Waals surface area contributed by atoms with Crippen molar-refractivity contribution in [3.05, 3.63) is 64.7 Å². The van der Waals surface area contributed by atoms with E-state index in [0.717, 1.165) is 0 Å². The molecule has 1 N–H and O–H groups in total. The summed E-state index contributed by atoms with van der Waals surface area (Å²) in [6, 6.07) is 12.7. The van der Waals surface area contributed by atoms with E-state index in [-0.39, 0.29) is 16.5 Å². The minimum atomic E-state index is -3.69. The maximum atomic E-state index is 12.2. The van der Waals surface area contributed by atoms with Crippen LogP contribution < -0.4 is 4.72 Å². The van der Waals surface area contributed by atoms with Crippen molar-refractivity contribution < 1.29 is 17.9 Å². The SMILES string of the molecule is COC(=O)c1ccc(CNS(=O)(=O)c2ccccc2Cl)cc1. The second-order valence-electron chi connectivity index (χ2n) is 4.44. The molecule has 0 aliphatic rings. The molecule has 0 saturated carbocycles. The van der Waals surface area contributed by atoms with Crippen LogP contribution in [-0.4, -0.2) is 21.5 Å². The van der Waals surface area contributed by atoms with Gasteiger partial charge in [-0.25, -0.2) is 17.9 Å². The van der Waals surface area contributed by atoms with Crippen LogP contribution in [-0.2, 0) is 21.3 Å². The lowest BCUT2D eigenvalue weighted by Crippen LogP contribution is -2.23. The highest BCUT2D eigenvalue weighted by Gasteiger charge is 2.16. The molecule has 0 aliphatic heterocycles. The summed E-state index contributed by atoms with van der Waals surface area (Å²) < 4.78 is 31.4. The summed E-state index contributed by atoms with van der Waals surface area (Å²) in [7, 11) is -2.39. The number of hydrogen-bond acceptors (Lipinski definition) is 4. The molecule has 0 radical (unpaired) electrons. The lowest BCUT2D eigenvalue weighted by atomic mass is 10.1. The van der Waals surface area contributed by atoms with Gasteiger partial charge in [-0.2, -0.15) is 0 Å². The maximum Gasteiger partial charge on any atom is 0.337 e. The number of benzene rings is 2. The molecule has 5 nitrogen and oxygen atoms in total. The average molecular weight is 340 g/mol. The molecule has 0 atom stereocenters. The molecule has 2 rings (SSSR count). The number of sulfonamides is 1. The van der Waals surface area contributed by atoms with Crippen LogP contribution in [0.25, 0.3) is 0 Å². The van der Waals surface area contributed by atoms with Gasteiger partial charge in [-0.1, -0.05) is 35.9 Å². The van der Waals surface area contributed by atoms with Gasteiger partial charge in [-0.15, -0.1) is 0 Å². The van der Waals surface area contributed by atoms with Gasteiger partial charge >= 0.3 is 5.97 Å². The molecular formula is C15H14ClNO4S. The number of rotatable bonds is 5. The van der Waals surface area contributed by atoms with Crippen LogP contribution in [0.3, 0.4) is 0 Å². The molecule has 116 valence electrons. The van der Waals surface area contributed by atoms with Gasteiger partial charge in [0.05, 0.1) is 17.7 Å². The Hall–Kier alpha value is -1.89. The molecule has 0 aliphatic carbocycles. The topological polar surface area (TPSA) is 72.5 Å². The van der Waals surface area contributed by atoms with Gasteiger partial charge in [0.2, 0.25) is 10.0 Å². The van der Waals surface area contributed by atoms with Crippen molar-refractivity contribution >= 4 is 27.6 Å². The first-order valence-electron chi connectivity index (χ1n) is 6.35. The Morgan fingerprint density at radius 2 is 1.77 bits per heavy atom. The molecule has 0 amide bonds. The summed E-state index contributed by atoms with van der Waals surface area (Å²) in [5.74, 6) is -0.441. The summed E-state index contributed by atoms with van der Waals surface area (Å²) in [5.41, 5.74) is 1.11. The van der Waals surface area contributed by atoms with Crippen molar-refractivity contribution in [2.45, 2.75) is 11.4 Å². The van der Waals surface area contributed by atoms with Gasteiger partial charge in [0.25, 0.3) is 0 Å². The Morgan fingerprint density at radius 3 is 2.36 bits per heavy atom. The van der Waals surface area contributed by atoms with E-state index in [9.17, 15) is 13.2 Å². The summed E-state index contributed by atoms with van der Waals surface area (Å²) in [4.78, 5) is 11.3. The number of nitrogens with one attached hydrogen (secondary N) is 1. The predicted molar refractivity (Wildman–Crippen MR) is 83.3 cm³/mol. The van der Waals surface area contributed by atoms with E-state index in [0.29, 0.717) is 11.1 Å². The number of hydrogen-bond donors (Lipinski definition) is 1. The number of esters is 1. The normalized spacial score (nSPS) is 11.2. The van der Waals surface area contributed by atoms with E-state index < -0.39 is 16.0 Å².